The van der Waals surface area contributed by atoms with Crippen molar-refractivity contribution in [3.05, 3.63) is 71.3 Å². The van der Waals surface area contributed by atoms with Gasteiger partial charge in [-0.25, -0.2) is 9.97 Å². The highest BCUT2D eigenvalue weighted by molar-refractivity contribution is 5.79. The van der Waals surface area contributed by atoms with E-state index in [9.17, 15) is 4.79 Å². The number of nitrogens with zero attached hydrogens (tertiary/aromatic N) is 4. The number of aromatic nitrogens is 3. The lowest BCUT2D eigenvalue weighted by Crippen LogP contribution is -2.40. The van der Waals surface area contributed by atoms with E-state index < -0.39 is 0 Å². The van der Waals surface area contributed by atoms with Gasteiger partial charge in [-0.2, -0.15) is 0 Å². The molecule has 0 spiro atoms. The Hall–Kier alpha value is -3.48. The number of hydrogen-bond donors (Lipinski definition) is 1. The number of likely N-dealkylation sites (tertiary alicyclic amines) is 1. The predicted molar refractivity (Wildman–Crippen MR) is 124 cm³/mol. The number of hydrogen-bond acceptors (Lipinski definition) is 6. The second-order valence-corrected chi connectivity index (χ2v) is 8.28. The summed E-state index contributed by atoms with van der Waals surface area (Å²) in [6.45, 7) is 5.39. The van der Waals surface area contributed by atoms with E-state index in [0.29, 0.717) is 18.9 Å². The van der Waals surface area contributed by atoms with E-state index in [0.717, 1.165) is 53.5 Å². The summed E-state index contributed by atoms with van der Waals surface area (Å²) in [6, 6.07) is 13.7. The minimum atomic E-state index is 0.146. The number of pyridine rings is 1. The Morgan fingerprint density at radius 3 is 2.69 bits per heavy atom. The number of amides is 1. The lowest BCUT2D eigenvalue weighted by Gasteiger charge is -2.32. The molecule has 1 fully saturated rings. The standard InChI is InChI=1S/C25H29N5O2/c1-17-12-18(2)28-25(27-17)29-21-9-10-23(26-15-21)20-7-5-11-30(16-20)24(31)14-19-6-4-8-22(13-19)32-3/h4,6,8-10,12-13,15,20H,5,7,11,14,16H2,1-3H3,(H,27,28,29). The molecule has 1 amide bonds. The van der Waals surface area contributed by atoms with Gasteiger partial charge in [0.25, 0.3) is 0 Å². The number of rotatable bonds is 6. The van der Waals surface area contributed by atoms with Gasteiger partial charge in [-0.05, 0) is 62.6 Å². The summed E-state index contributed by atoms with van der Waals surface area (Å²) in [4.78, 5) is 28.4. The molecule has 3 aromatic rings. The van der Waals surface area contributed by atoms with Crippen molar-refractivity contribution in [2.45, 2.75) is 39.0 Å². The van der Waals surface area contributed by atoms with Gasteiger partial charge >= 0.3 is 0 Å². The van der Waals surface area contributed by atoms with Gasteiger partial charge in [0, 0.05) is 36.1 Å². The average molecular weight is 432 g/mol. The van der Waals surface area contributed by atoms with Gasteiger partial charge in [-0.1, -0.05) is 12.1 Å². The molecule has 1 N–H and O–H groups in total. The van der Waals surface area contributed by atoms with Crippen LogP contribution in [-0.2, 0) is 11.2 Å². The van der Waals surface area contributed by atoms with Crippen LogP contribution in [0.2, 0.25) is 0 Å². The molecule has 1 aliphatic heterocycles. The van der Waals surface area contributed by atoms with E-state index >= 15 is 0 Å². The molecule has 1 unspecified atom stereocenters. The first-order chi connectivity index (χ1) is 15.5. The number of anilines is 2. The Bertz CT molecular complexity index is 1060. The van der Waals surface area contributed by atoms with Crippen molar-refractivity contribution >= 4 is 17.5 Å². The maximum atomic E-state index is 12.9. The van der Waals surface area contributed by atoms with Crippen LogP contribution >= 0.6 is 0 Å². The van der Waals surface area contributed by atoms with Crippen molar-refractivity contribution in [3.8, 4) is 5.75 Å². The molecule has 7 heteroatoms. The van der Waals surface area contributed by atoms with E-state index in [1.807, 2.05) is 67.4 Å². The van der Waals surface area contributed by atoms with Crippen LogP contribution in [0, 0.1) is 13.8 Å². The SMILES string of the molecule is COc1cccc(CC(=O)N2CCCC(c3ccc(Nc4nc(C)cc(C)n4)cn3)C2)c1. The van der Waals surface area contributed by atoms with E-state index in [1.54, 1.807) is 7.11 Å². The maximum absolute atomic E-state index is 12.9. The third-order valence-electron chi connectivity index (χ3n) is 5.71. The summed E-state index contributed by atoms with van der Waals surface area (Å²) in [5.74, 6) is 1.73. The largest absolute Gasteiger partial charge is 0.497 e. The first kappa shape index (κ1) is 21.7. The second-order valence-electron chi connectivity index (χ2n) is 8.28. The molecule has 0 aliphatic carbocycles. The third-order valence-corrected chi connectivity index (χ3v) is 5.71. The highest BCUT2D eigenvalue weighted by Gasteiger charge is 2.25. The Kier molecular flexibility index (Phi) is 6.63. The van der Waals surface area contributed by atoms with E-state index in [-0.39, 0.29) is 11.8 Å². The topological polar surface area (TPSA) is 80.2 Å². The van der Waals surface area contributed by atoms with Crippen molar-refractivity contribution in [2.24, 2.45) is 0 Å². The fourth-order valence-corrected chi connectivity index (χ4v) is 4.15. The van der Waals surface area contributed by atoms with Crippen LogP contribution in [0.15, 0.2) is 48.7 Å². The molecule has 1 saturated heterocycles. The first-order valence-electron chi connectivity index (χ1n) is 11.0. The van der Waals surface area contributed by atoms with Crippen molar-refractivity contribution < 1.29 is 9.53 Å². The molecule has 2 aromatic heterocycles. The van der Waals surface area contributed by atoms with E-state index in [4.69, 9.17) is 4.74 Å². The number of carbonyl (C=O) groups excluding carboxylic acids is 1. The zero-order valence-corrected chi connectivity index (χ0v) is 18.8. The minimum Gasteiger partial charge on any atom is -0.497 e. The highest BCUT2D eigenvalue weighted by atomic mass is 16.5. The molecule has 0 bridgehead atoms. The van der Waals surface area contributed by atoms with Crippen molar-refractivity contribution in [3.63, 3.8) is 0 Å². The van der Waals surface area contributed by atoms with Gasteiger partial charge in [0.05, 0.1) is 25.4 Å². The van der Waals surface area contributed by atoms with Crippen molar-refractivity contribution in [1.29, 1.82) is 0 Å². The number of ether oxygens (including phenoxy) is 1. The average Bonchev–Trinajstić information content (AvgIpc) is 2.79. The van der Waals surface area contributed by atoms with Gasteiger partial charge in [0.2, 0.25) is 11.9 Å². The highest BCUT2D eigenvalue weighted by Crippen LogP contribution is 2.27. The number of aryl methyl sites for hydroxylation is 2. The normalized spacial score (nSPS) is 16.0. The fraction of sp³-hybridized carbons (Fsp3) is 0.360. The van der Waals surface area contributed by atoms with Crippen LogP contribution in [0.3, 0.4) is 0 Å². The maximum Gasteiger partial charge on any atom is 0.227 e. The van der Waals surface area contributed by atoms with Crippen LogP contribution in [0.5, 0.6) is 5.75 Å². The number of methoxy groups -OCH3 is 1. The number of carbonyl (C=O) groups is 1. The summed E-state index contributed by atoms with van der Waals surface area (Å²) in [6.07, 6.45) is 4.21. The molecule has 3 heterocycles. The minimum absolute atomic E-state index is 0.146. The summed E-state index contributed by atoms with van der Waals surface area (Å²) in [5, 5.41) is 3.22. The van der Waals surface area contributed by atoms with Gasteiger partial charge in [0.15, 0.2) is 0 Å². The molecule has 166 valence electrons. The van der Waals surface area contributed by atoms with Gasteiger partial charge in [0.1, 0.15) is 5.75 Å². The predicted octanol–water partition coefficient (Wildman–Crippen LogP) is 4.19. The molecule has 0 saturated carbocycles. The van der Waals surface area contributed by atoms with Crippen LogP contribution in [0.25, 0.3) is 0 Å². The second kappa shape index (κ2) is 9.77. The van der Waals surface area contributed by atoms with Gasteiger partial charge in [-0.15, -0.1) is 0 Å². The lowest BCUT2D eigenvalue weighted by atomic mass is 9.93. The van der Waals surface area contributed by atoms with Gasteiger partial charge in [-0.3, -0.25) is 9.78 Å². The number of benzene rings is 1. The van der Waals surface area contributed by atoms with Gasteiger partial charge < -0.3 is 15.0 Å². The van der Waals surface area contributed by atoms with Crippen LogP contribution in [0.4, 0.5) is 11.6 Å². The Balaban J connectivity index is 1.38. The van der Waals surface area contributed by atoms with E-state index in [2.05, 4.69) is 20.3 Å². The monoisotopic (exact) mass is 431 g/mol. The van der Waals surface area contributed by atoms with Crippen LogP contribution < -0.4 is 10.1 Å². The molecule has 7 nitrogen and oxygen atoms in total. The summed E-state index contributed by atoms with van der Waals surface area (Å²) < 4.78 is 5.27. The van der Waals surface area contributed by atoms with E-state index in [1.165, 1.54) is 0 Å². The number of piperidine rings is 1. The number of nitrogens with one attached hydrogen (secondary N) is 1. The summed E-state index contributed by atoms with van der Waals surface area (Å²) >= 11 is 0. The quantitative estimate of drug-likeness (QED) is 0.630. The Labute approximate surface area is 188 Å². The lowest BCUT2D eigenvalue weighted by molar-refractivity contribution is -0.131. The zero-order valence-electron chi connectivity index (χ0n) is 18.8. The third kappa shape index (κ3) is 5.41. The smallest absolute Gasteiger partial charge is 0.227 e. The molecular formula is C25H29N5O2. The summed E-state index contributed by atoms with van der Waals surface area (Å²) in [5.41, 5.74) is 4.67. The molecule has 32 heavy (non-hydrogen) atoms. The zero-order chi connectivity index (χ0) is 22.5. The van der Waals surface area contributed by atoms with Crippen molar-refractivity contribution in [1.82, 2.24) is 19.9 Å². The van der Waals surface area contributed by atoms with Crippen LogP contribution in [-0.4, -0.2) is 46.0 Å². The molecule has 1 atom stereocenters. The first-order valence-corrected chi connectivity index (χ1v) is 11.0. The molecule has 1 aliphatic rings. The Morgan fingerprint density at radius 1 is 1.16 bits per heavy atom. The molecule has 0 radical (unpaired) electrons. The van der Waals surface area contributed by atoms with Crippen LogP contribution in [0.1, 0.15) is 41.4 Å². The fourth-order valence-electron chi connectivity index (χ4n) is 4.15. The summed E-state index contributed by atoms with van der Waals surface area (Å²) in [7, 11) is 1.64. The Morgan fingerprint density at radius 2 is 1.97 bits per heavy atom. The van der Waals surface area contributed by atoms with Crippen molar-refractivity contribution in [2.75, 3.05) is 25.5 Å². The molecule has 1 aromatic carbocycles. The molecular weight excluding hydrogens is 402 g/mol. The molecule has 4 rings (SSSR count).